The Bertz CT molecular complexity index is 603. The van der Waals surface area contributed by atoms with E-state index in [1.807, 2.05) is 0 Å². The van der Waals surface area contributed by atoms with Gasteiger partial charge in [0.15, 0.2) is 9.84 Å². The van der Waals surface area contributed by atoms with Crippen molar-refractivity contribution in [3.63, 3.8) is 0 Å². The smallest absolute Gasteiger partial charge is 0.314 e. The number of rotatable bonds is 3. The zero-order chi connectivity index (χ0) is 13.6. The van der Waals surface area contributed by atoms with Crippen molar-refractivity contribution < 1.29 is 18.3 Å². The van der Waals surface area contributed by atoms with Gasteiger partial charge in [-0.3, -0.25) is 4.79 Å². The Labute approximate surface area is 110 Å². The van der Waals surface area contributed by atoms with E-state index in [1.54, 1.807) is 6.07 Å². The molecule has 1 N–H and O–H groups in total. The molecule has 98 valence electrons. The monoisotopic (exact) mass is 288 g/mol. The van der Waals surface area contributed by atoms with Gasteiger partial charge in [0.2, 0.25) is 0 Å². The van der Waals surface area contributed by atoms with Crippen LogP contribution in [0.5, 0.6) is 0 Å². The quantitative estimate of drug-likeness (QED) is 0.926. The fraction of sp³-hybridized carbons (Fsp3) is 0.417. The molecule has 1 fully saturated rings. The second kappa shape index (κ2) is 4.24. The molecule has 0 atom stereocenters. The maximum absolute atomic E-state index is 11.4. The Morgan fingerprint density at radius 1 is 1.39 bits per heavy atom. The highest BCUT2D eigenvalue weighted by molar-refractivity contribution is 7.90. The minimum absolute atomic E-state index is 0.0350. The van der Waals surface area contributed by atoms with E-state index >= 15 is 0 Å². The molecule has 18 heavy (non-hydrogen) atoms. The fourth-order valence-electron chi connectivity index (χ4n) is 2.26. The molecule has 0 unspecified atom stereocenters. The third kappa shape index (κ3) is 2.01. The summed E-state index contributed by atoms with van der Waals surface area (Å²) in [5.41, 5.74) is -0.307. The van der Waals surface area contributed by atoms with Crippen LogP contribution in [0.3, 0.4) is 0 Å². The van der Waals surface area contributed by atoms with Crippen LogP contribution in [0.4, 0.5) is 0 Å². The Hall–Kier alpha value is -1.07. The van der Waals surface area contributed by atoms with E-state index in [4.69, 9.17) is 11.6 Å². The zero-order valence-electron chi connectivity index (χ0n) is 9.81. The number of hydrogen-bond acceptors (Lipinski definition) is 3. The van der Waals surface area contributed by atoms with Crippen molar-refractivity contribution in [1.82, 2.24) is 0 Å². The highest BCUT2D eigenvalue weighted by Gasteiger charge is 2.46. The third-order valence-corrected chi connectivity index (χ3v) is 5.08. The van der Waals surface area contributed by atoms with Crippen molar-refractivity contribution in [2.24, 2.45) is 0 Å². The van der Waals surface area contributed by atoms with E-state index in [0.29, 0.717) is 18.4 Å². The third-order valence-electron chi connectivity index (χ3n) is 3.50. The van der Waals surface area contributed by atoms with Crippen LogP contribution in [0.15, 0.2) is 23.1 Å². The van der Waals surface area contributed by atoms with Crippen molar-refractivity contribution in [2.45, 2.75) is 29.6 Å². The van der Waals surface area contributed by atoms with Crippen molar-refractivity contribution in [2.75, 3.05) is 6.26 Å². The van der Waals surface area contributed by atoms with Crippen LogP contribution in [-0.2, 0) is 20.0 Å². The van der Waals surface area contributed by atoms with Gasteiger partial charge in [0.25, 0.3) is 0 Å². The predicted molar refractivity (Wildman–Crippen MR) is 67.7 cm³/mol. The molecule has 0 bridgehead atoms. The van der Waals surface area contributed by atoms with E-state index in [1.165, 1.54) is 12.1 Å². The van der Waals surface area contributed by atoms with Gasteiger partial charge in [-0.15, -0.1) is 0 Å². The van der Waals surface area contributed by atoms with Crippen LogP contribution in [-0.4, -0.2) is 25.7 Å². The molecule has 1 saturated carbocycles. The fourth-order valence-corrected chi connectivity index (χ4v) is 3.58. The van der Waals surface area contributed by atoms with Crippen LogP contribution in [0.2, 0.25) is 5.02 Å². The van der Waals surface area contributed by atoms with Gasteiger partial charge in [0.1, 0.15) is 0 Å². The van der Waals surface area contributed by atoms with Gasteiger partial charge in [-0.25, -0.2) is 8.42 Å². The SMILES string of the molecule is CS(=O)(=O)c1ccc(C2(C(=O)O)CCC2)cc1Cl. The van der Waals surface area contributed by atoms with Gasteiger partial charge in [-0.05, 0) is 30.5 Å². The molecule has 1 aliphatic rings. The van der Waals surface area contributed by atoms with E-state index in [2.05, 4.69) is 0 Å². The molecule has 0 spiro atoms. The molecule has 0 heterocycles. The van der Waals surface area contributed by atoms with E-state index in [0.717, 1.165) is 12.7 Å². The first-order valence-corrected chi connectivity index (χ1v) is 7.78. The summed E-state index contributed by atoms with van der Waals surface area (Å²) in [5, 5.41) is 9.38. The molecule has 0 amide bonds. The molecule has 1 aromatic rings. The molecular formula is C12H13ClO4S. The topological polar surface area (TPSA) is 71.4 Å². The Balaban J connectivity index is 2.50. The molecule has 6 heteroatoms. The molecule has 0 radical (unpaired) electrons. The summed E-state index contributed by atoms with van der Waals surface area (Å²) >= 11 is 5.93. The number of benzene rings is 1. The first kappa shape index (κ1) is 13.4. The lowest BCUT2D eigenvalue weighted by molar-refractivity contribution is -0.147. The molecule has 1 aromatic carbocycles. The second-order valence-electron chi connectivity index (χ2n) is 4.66. The molecule has 0 saturated heterocycles. The van der Waals surface area contributed by atoms with Crippen LogP contribution in [0.1, 0.15) is 24.8 Å². The molecule has 0 aliphatic heterocycles. The molecule has 0 aromatic heterocycles. The first-order chi connectivity index (χ1) is 8.27. The van der Waals surface area contributed by atoms with Gasteiger partial charge in [0, 0.05) is 6.26 Å². The molecule has 4 nitrogen and oxygen atoms in total. The van der Waals surface area contributed by atoms with Gasteiger partial charge >= 0.3 is 5.97 Å². The summed E-state index contributed by atoms with van der Waals surface area (Å²) in [6.45, 7) is 0. The normalized spacial score (nSPS) is 18.1. The average molecular weight is 289 g/mol. The largest absolute Gasteiger partial charge is 0.481 e. The summed E-state index contributed by atoms with van der Waals surface area (Å²) < 4.78 is 22.9. The highest BCUT2D eigenvalue weighted by Crippen LogP contribution is 2.45. The van der Waals surface area contributed by atoms with Crippen LogP contribution in [0.25, 0.3) is 0 Å². The number of carboxylic acid groups (broad SMARTS) is 1. The number of carboxylic acids is 1. The van der Waals surface area contributed by atoms with Crippen LogP contribution < -0.4 is 0 Å². The van der Waals surface area contributed by atoms with Gasteiger partial charge in [0.05, 0.1) is 15.3 Å². The predicted octanol–water partition coefficient (Wildman–Crippen LogP) is 2.25. The summed E-state index contributed by atoms with van der Waals surface area (Å²) in [7, 11) is -3.38. The summed E-state index contributed by atoms with van der Waals surface area (Å²) in [5.74, 6) is -0.878. The zero-order valence-corrected chi connectivity index (χ0v) is 11.4. The highest BCUT2D eigenvalue weighted by atomic mass is 35.5. The van der Waals surface area contributed by atoms with E-state index in [9.17, 15) is 18.3 Å². The minimum atomic E-state index is -3.38. The van der Waals surface area contributed by atoms with Crippen molar-refractivity contribution in [3.05, 3.63) is 28.8 Å². The van der Waals surface area contributed by atoms with Crippen LogP contribution in [0, 0.1) is 0 Å². The number of carbonyl (C=O) groups is 1. The van der Waals surface area contributed by atoms with E-state index in [-0.39, 0.29) is 9.92 Å². The minimum Gasteiger partial charge on any atom is -0.481 e. The van der Waals surface area contributed by atoms with Gasteiger partial charge < -0.3 is 5.11 Å². The lowest BCUT2D eigenvalue weighted by atomic mass is 9.64. The van der Waals surface area contributed by atoms with Crippen LogP contribution >= 0.6 is 11.6 Å². The first-order valence-electron chi connectivity index (χ1n) is 5.51. The number of hydrogen-bond donors (Lipinski definition) is 1. The maximum atomic E-state index is 11.4. The standard InChI is InChI=1S/C12H13ClO4S/c1-18(16,17)10-4-3-8(7-9(10)13)12(11(14)15)5-2-6-12/h3-4,7H,2,5-6H2,1H3,(H,14,15). The lowest BCUT2D eigenvalue weighted by Gasteiger charge is -2.38. The maximum Gasteiger partial charge on any atom is 0.314 e. The molecule has 2 rings (SSSR count). The summed E-state index contributed by atoms with van der Waals surface area (Å²) in [4.78, 5) is 11.4. The summed E-state index contributed by atoms with van der Waals surface area (Å²) in [6, 6.07) is 4.40. The number of sulfone groups is 1. The summed E-state index contributed by atoms with van der Waals surface area (Å²) in [6.07, 6.45) is 3.07. The second-order valence-corrected chi connectivity index (χ2v) is 7.05. The van der Waals surface area contributed by atoms with Gasteiger partial charge in [-0.2, -0.15) is 0 Å². The van der Waals surface area contributed by atoms with Gasteiger partial charge in [-0.1, -0.05) is 24.1 Å². The van der Waals surface area contributed by atoms with Crippen molar-refractivity contribution >= 4 is 27.4 Å². The molecular weight excluding hydrogens is 276 g/mol. The Morgan fingerprint density at radius 3 is 2.33 bits per heavy atom. The molecule has 1 aliphatic carbocycles. The number of aliphatic carboxylic acids is 1. The Morgan fingerprint density at radius 2 is 2.00 bits per heavy atom. The van der Waals surface area contributed by atoms with E-state index < -0.39 is 21.2 Å². The average Bonchev–Trinajstić information content (AvgIpc) is 2.12. The number of halogens is 1. The van der Waals surface area contributed by atoms with Crippen molar-refractivity contribution in [3.8, 4) is 0 Å². The Kier molecular flexibility index (Phi) is 3.15. The lowest BCUT2D eigenvalue weighted by Crippen LogP contribution is -2.42. The van der Waals surface area contributed by atoms with Crippen molar-refractivity contribution in [1.29, 1.82) is 0 Å².